The molecule has 2 aromatic carbocycles. The lowest BCUT2D eigenvalue weighted by Gasteiger charge is -2.29. The number of nitrogens with one attached hydrogen (secondary N) is 2. The summed E-state index contributed by atoms with van der Waals surface area (Å²) >= 11 is 0. The number of halogens is 3. The van der Waals surface area contributed by atoms with Crippen molar-refractivity contribution in [3.8, 4) is 5.75 Å². The summed E-state index contributed by atoms with van der Waals surface area (Å²) in [6.07, 6.45) is -4.45. The van der Waals surface area contributed by atoms with Gasteiger partial charge in [-0.2, -0.15) is 13.2 Å². The highest BCUT2D eigenvalue weighted by Gasteiger charge is 2.34. The highest BCUT2D eigenvalue weighted by molar-refractivity contribution is 5.79. The van der Waals surface area contributed by atoms with E-state index in [-0.39, 0.29) is 12.1 Å². The first-order valence-corrected chi connectivity index (χ1v) is 10.0. The number of anilines is 1. The van der Waals surface area contributed by atoms with Crippen LogP contribution < -0.4 is 20.3 Å². The minimum Gasteiger partial charge on any atom is -0.496 e. The maximum absolute atomic E-state index is 13.7. The summed E-state index contributed by atoms with van der Waals surface area (Å²) in [5.41, 5.74) is 0.978. The van der Waals surface area contributed by atoms with Crippen LogP contribution in [0.1, 0.15) is 16.7 Å². The fourth-order valence-electron chi connectivity index (χ4n) is 3.43. The molecule has 2 aromatic rings. The van der Waals surface area contributed by atoms with Crippen molar-refractivity contribution in [1.29, 1.82) is 0 Å². The quantitative estimate of drug-likeness (QED) is 0.537. The smallest absolute Gasteiger partial charge is 0.416 e. The zero-order chi connectivity index (χ0) is 22.3. The zero-order valence-corrected chi connectivity index (χ0v) is 17.6. The molecule has 31 heavy (non-hydrogen) atoms. The molecule has 0 saturated carbocycles. The second kappa shape index (κ2) is 10.4. The lowest BCUT2D eigenvalue weighted by Crippen LogP contribution is -2.37. The summed E-state index contributed by atoms with van der Waals surface area (Å²) < 4.78 is 51.8. The number of rotatable bonds is 6. The fourth-order valence-corrected chi connectivity index (χ4v) is 3.43. The van der Waals surface area contributed by atoms with E-state index in [2.05, 4.69) is 15.6 Å². The third-order valence-electron chi connectivity index (χ3n) is 5.08. The van der Waals surface area contributed by atoms with Gasteiger partial charge < -0.3 is 25.0 Å². The molecule has 0 radical (unpaired) electrons. The summed E-state index contributed by atoms with van der Waals surface area (Å²) in [5.74, 6) is 1.12. The van der Waals surface area contributed by atoms with Crippen LogP contribution in [0.3, 0.4) is 0 Å². The van der Waals surface area contributed by atoms with Gasteiger partial charge in [-0.3, -0.25) is 4.99 Å². The van der Waals surface area contributed by atoms with E-state index in [1.165, 1.54) is 12.1 Å². The predicted molar refractivity (Wildman–Crippen MR) is 115 cm³/mol. The van der Waals surface area contributed by atoms with E-state index in [0.29, 0.717) is 44.5 Å². The molecule has 1 fully saturated rings. The van der Waals surface area contributed by atoms with Crippen molar-refractivity contribution in [2.75, 3.05) is 45.4 Å². The number of ether oxygens (including phenoxy) is 2. The zero-order valence-electron chi connectivity index (χ0n) is 17.6. The molecule has 1 saturated heterocycles. The molecule has 0 bridgehead atoms. The van der Waals surface area contributed by atoms with Gasteiger partial charge in [0.1, 0.15) is 5.75 Å². The number of benzene rings is 2. The van der Waals surface area contributed by atoms with Crippen molar-refractivity contribution in [3.05, 3.63) is 59.2 Å². The molecular formula is C22H27F3N4O2. The summed E-state index contributed by atoms with van der Waals surface area (Å²) in [6.45, 7) is 2.59. The lowest BCUT2D eigenvalue weighted by molar-refractivity contribution is -0.138. The number of aliphatic imine (C=N–C) groups is 1. The van der Waals surface area contributed by atoms with Crippen LogP contribution in [0.5, 0.6) is 5.75 Å². The van der Waals surface area contributed by atoms with Gasteiger partial charge >= 0.3 is 6.18 Å². The van der Waals surface area contributed by atoms with Crippen LogP contribution in [-0.4, -0.2) is 46.4 Å². The van der Waals surface area contributed by atoms with Gasteiger partial charge in [-0.05, 0) is 23.8 Å². The first-order valence-electron chi connectivity index (χ1n) is 10.0. The van der Waals surface area contributed by atoms with Gasteiger partial charge in [0.15, 0.2) is 5.96 Å². The lowest BCUT2D eigenvalue weighted by atomic mass is 10.0. The Balaban J connectivity index is 1.68. The average molecular weight is 436 g/mol. The fraction of sp³-hybridized carbons (Fsp3) is 0.409. The summed E-state index contributed by atoms with van der Waals surface area (Å²) in [7, 11) is 3.16. The number of methoxy groups -OCH3 is 1. The van der Waals surface area contributed by atoms with Crippen molar-refractivity contribution >= 4 is 11.6 Å². The van der Waals surface area contributed by atoms with E-state index < -0.39 is 11.7 Å². The Morgan fingerprint density at radius 2 is 1.74 bits per heavy atom. The van der Waals surface area contributed by atoms with Crippen LogP contribution in [0.25, 0.3) is 0 Å². The predicted octanol–water partition coefficient (Wildman–Crippen LogP) is 3.42. The number of alkyl halides is 3. The first-order chi connectivity index (χ1) is 14.9. The molecule has 6 nitrogen and oxygen atoms in total. The second-order valence-electron chi connectivity index (χ2n) is 7.03. The molecule has 0 spiro atoms. The molecule has 3 rings (SSSR count). The van der Waals surface area contributed by atoms with E-state index in [0.717, 1.165) is 11.3 Å². The Kier molecular flexibility index (Phi) is 7.62. The van der Waals surface area contributed by atoms with Gasteiger partial charge in [-0.25, -0.2) is 0 Å². The molecule has 2 N–H and O–H groups in total. The largest absolute Gasteiger partial charge is 0.496 e. The Bertz CT molecular complexity index is 897. The van der Waals surface area contributed by atoms with Gasteiger partial charge in [0.05, 0.1) is 25.9 Å². The van der Waals surface area contributed by atoms with E-state index in [1.54, 1.807) is 20.2 Å². The molecule has 0 atom stereocenters. The molecule has 0 amide bonds. The second-order valence-corrected chi connectivity index (χ2v) is 7.03. The number of nitrogens with zero attached hydrogens (tertiary/aromatic N) is 2. The Morgan fingerprint density at radius 1 is 1.06 bits per heavy atom. The maximum atomic E-state index is 13.7. The van der Waals surface area contributed by atoms with Crippen LogP contribution in [0.15, 0.2) is 47.5 Å². The number of guanidine groups is 1. The van der Waals surface area contributed by atoms with Gasteiger partial charge in [0, 0.05) is 44.5 Å². The van der Waals surface area contributed by atoms with E-state index in [1.807, 2.05) is 29.2 Å². The highest BCUT2D eigenvalue weighted by atomic mass is 19.4. The number of hydrogen-bond donors (Lipinski definition) is 2. The van der Waals surface area contributed by atoms with E-state index in [4.69, 9.17) is 9.47 Å². The highest BCUT2D eigenvalue weighted by Crippen LogP contribution is 2.35. The van der Waals surface area contributed by atoms with Crippen molar-refractivity contribution in [2.24, 2.45) is 4.99 Å². The summed E-state index contributed by atoms with van der Waals surface area (Å²) in [5, 5.41) is 6.08. The summed E-state index contributed by atoms with van der Waals surface area (Å²) in [6, 6.07) is 12.0. The van der Waals surface area contributed by atoms with Crippen molar-refractivity contribution in [3.63, 3.8) is 0 Å². The van der Waals surface area contributed by atoms with Gasteiger partial charge in [0.2, 0.25) is 0 Å². The van der Waals surface area contributed by atoms with Crippen molar-refractivity contribution in [1.82, 2.24) is 10.6 Å². The Labute approximate surface area is 180 Å². The third kappa shape index (κ3) is 6.04. The van der Waals surface area contributed by atoms with Crippen LogP contribution in [0, 0.1) is 0 Å². The minimum atomic E-state index is -4.45. The van der Waals surface area contributed by atoms with Crippen LogP contribution in [-0.2, 0) is 24.0 Å². The molecule has 0 unspecified atom stereocenters. The van der Waals surface area contributed by atoms with Gasteiger partial charge in [-0.1, -0.05) is 24.3 Å². The first kappa shape index (κ1) is 22.7. The number of para-hydroxylation sites is 1. The molecule has 0 aromatic heterocycles. The van der Waals surface area contributed by atoms with E-state index >= 15 is 0 Å². The van der Waals surface area contributed by atoms with E-state index in [9.17, 15) is 13.2 Å². The monoisotopic (exact) mass is 436 g/mol. The Morgan fingerprint density at radius 3 is 2.39 bits per heavy atom. The number of hydrogen-bond acceptors (Lipinski definition) is 4. The molecular weight excluding hydrogens is 409 g/mol. The van der Waals surface area contributed by atoms with Crippen molar-refractivity contribution < 1.29 is 22.6 Å². The molecule has 1 heterocycles. The standard InChI is InChI=1S/C22H27F3N4O2/c1-26-21(28-15-17-5-3-4-6-20(17)30-2)27-14-16-7-8-18(13-19(16)22(23,24)25)29-9-11-31-12-10-29/h3-8,13H,9-12,14-15H2,1-2H3,(H2,26,27,28). The Hall–Kier alpha value is -2.94. The molecule has 168 valence electrons. The minimum absolute atomic E-state index is 0.0101. The third-order valence-corrected chi connectivity index (χ3v) is 5.08. The molecule has 0 aliphatic carbocycles. The normalized spacial score (nSPS) is 15.0. The van der Waals surface area contributed by atoms with Crippen LogP contribution in [0.4, 0.5) is 18.9 Å². The average Bonchev–Trinajstić information content (AvgIpc) is 2.79. The van der Waals surface area contributed by atoms with Crippen LogP contribution in [0.2, 0.25) is 0 Å². The van der Waals surface area contributed by atoms with Gasteiger partial charge in [-0.15, -0.1) is 0 Å². The topological polar surface area (TPSA) is 58.1 Å². The SMILES string of the molecule is CN=C(NCc1ccccc1OC)NCc1ccc(N2CCOCC2)cc1C(F)(F)F. The summed E-state index contributed by atoms with van der Waals surface area (Å²) in [4.78, 5) is 6.01. The molecule has 1 aliphatic rings. The maximum Gasteiger partial charge on any atom is 0.416 e. The van der Waals surface area contributed by atoms with Crippen molar-refractivity contribution in [2.45, 2.75) is 19.3 Å². The van der Waals surface area contributed by atoms with Crippen LogP contribution >= 0.6 is 0 Å². The van der Waals surface area contributed by atoms with Gasteiger partial charge in [0.25, 0.3) is 0 Å². The molecule has 9 heteroatoms. The molecule has 1 aliphatic heterocycles. The number of morpholine rings is 1.